The van der Waals surface area contributed by atoms with Crippen molar-refractivity contribution in [2.75, 3.05) is 11.1 Å². The Morgan fingerprint density at radius 2 is 1.68 bits per heavy atom. The molecular weight excluding hydrogens is 512 g/mol. The molecule has 0 saturated carbocycles. The molecule has 0 spiro atoms. The Bertz CT molecular complexity index is 1720. The van der Waals surface area contributed by atoms with Crippen molar-refractivity contribution < 1.29 is 4.74 Å². The van der Waals surface area contributed by atoms with E-state index in [0.717, 1.165) is 45.1 Å². The number of hydrogen-bond donors (Lipinski definition) is 3. The zero-order valence-electron chi connectivity index (χ0n) is 22.9. The van der Waals surface area contributed by atoms with Crippen LogP contribution in [-0.4, -0.2) is 20.7 Å². The quantitative estimate of drug-likeness (QED) is 0.169. The first-order valence-electron chi connectivity index (χ1n) is 13.1. The van der Waals surface area contributed by atoms with Gasteiger partial charge < -0.3 is 26.1 Å². The minimum atomic E-state index is 0.193. The highest BCUT2D eigenvalue weighted by Crippen LogP contribution is 2.26. The molecule has 0 bridgehead atoms. The molecular formula is C32H30N8O. The van der Waals surface area contributed by atoms with E-state index in [9.17, 15) is 5.26 Å². The fourth-order valence-corrected chi connectivity index (χ4v) is 4.48. The van der Waals surface area contributed by atoms with Crippen molar-refractivity contribution in [1.29, 1.82) is 5.26 Å². The van der Waals surface area contributed by atoms with Gasteiger partial charge in [0.05, 0.1) is 11.3 Å². The number of hydrogen-bond acceptors (Lipinski definition) is 6. The fourth-order valence-electron chi connectivity index (χ4n) is 4.48. The van der Waals surface area contributed by atoms with Gasteiger partial charge in [-0.1, -0.05) is 60.7 Å². The number of para-hydroxylation sites is 1. The lowest BCUT2D eigenvalue weighted by molar-refractivity contribution is 0.307. The molecule has 0 amide bonds. The number of rotatable bonds is 8. The SMILES string of the molecule is Cc1c(C#N)c(N)n(Cc2ccc(OCc3ccccc3NC(N)=Nc3ccc(-c4ccccc4)nn3)cc2)c1C. The Hall–Kier alpha value is -5.62. The molecule has 5 rings (SSSR count). The van der Waals surface area contributed by atoms with E-state index >= 15 is 0 Å². The van der Waals surface area contributed by atoms with Gasteiger partial charge >= 0.3 is 0 Å². The molecule has 2 heterocycles. The van der Waals surface area contributed by atoms with Crippen LogP contribution in [0, 0.1) is 25.2 Å². The zero-order valence-corrected chi connectivity index (χ0v) is 22.9. The maximum atomic E-state index is 9.39. The van der Waals surface area contributed by atoms with E-state index in [-0.39, 0.29) is 5.96 Å². The van der Waals surface area contributed by atoms with Crippen molar-refractivity contribution in [3.05, 3.63) is 119 Å². The van der Waals surface area contributed by atoms with Crippen LogP contribution in [0.15, 0.2) is 96.0 Å². The summed E-state index contributed by atoms with van der Waals surface area (Å²) >= 11 is 0. The summed E-state index contributed by atoms with van der Waals surface area (Å²) < 4.78 is 8.02. The first kappa shape index (κ1) is 27.0. The van der Waals surface area contributed by atoms with Crippen molar-refractivity contribution >= 4 is 23.3 Å². The van der Waals surface area contributed by atoms with Crippen molar-refractivity contribution in [2.45, 2.75) is 27.0 Å². The Kier molecular flexibility index (Phi) is 7.93. The molecule has 0 aliphatic rings. The second-order valence-corrected chi connectivity index (χ2v) is 9.52. The highest BCUT2D eigenvalue weighted by Gasteiger charge is 2.15. The van der Waals surface area contributed by atoms with Crippen LogP contribution in [-0.2, 0) is 13.2 Å². The second-order valence-electron chi connectivity index (χ2n) is 9.52. The summed E-state index contributed by atoms with van der Waals surface area (Å²) in [4.78, 5) is 4.36. The van der Waals surface area contributed by atoms with Gasteiger partial charge in [0.1, 0.15) is 24.2 Å². The minimum Gasteiger partial charge on any atom is -0.489 e. The number of nitrogen functional groups attached to an aromatic ring is 1. The first-order valence-corrected chi connectivity index (χ1v) is 13.1. The first-order chi connectivity index (χ1) is 19.9. The summed E-state index contributed by atoms with van der Waals surface area (Å²) in [5, 5.41) is 21.0. The number of nitrogens with two attached hydrogens (primary N) is 2. The molecule has 9 nitrogen and oxygen atoms in total. The Morgan fingerprint density at radius 1 is 0.951 bits per heavy atom. The minimum absolute atomic E-state index is 0.193. The van der Waals surface area contributed by atoms with Crippen molar-refractivity contribution in [3.8, 4) is 23.1 Å². The highest BCUT2D eigenvalue weighted by atomic mass is 16.5. The smallest absolute Gasteiger partial charge is 0.199 e. The van der Waals surface area contributed by atoms with Gasteiger partial charge in [-0.05, 0) is 55.3 Å². The Balaban J connectivity index is 1.22. The summed E-state index contributed by atoms with van der Waals surface area (Å²) in [7, 11) is 0. The highest BCUT2D eigenvalue weighted by molar-refractivity contribution is 5.94. The third-order valence-corrected chi connectivity index (χ3v) is 6.87. The van der Waals surface area contributed by atoms with E-state index in [1.807, 2.05) is 103 Å². The number of benzene rings is 3. The molecule has 9 heteroatoms. The van der Waals surface area contributed by atoms with Crippen LogP contribution in [0.2, 0.25) is 0 Å². The van der Waals surface area contributed by atoms with Crippen LogP contribution in [0.3, 0.4) is 0 Å². The third kappa shape index (κ3) is 6.18. The molecule has 0 aliphatic heterocycles. The maximum absolute atomic E-state index is 9.39. The average molecular weight is 543 g/mol. The van der Waals surface area contributed by atoms with Gasteiger partial charge in [-0.2, -0.15) is 10.3 Å². The number of anilines is 2. The molecule has 0 radical (unpaired) electrons. The zero-order chi connectivity index (χ0) is 28.8. The normalized spacial score (nSPS) is 11.2. The van der Waals surface area contributed by atoms with Gasteiger partial charge in [-0.15, -0.1) is 10.2 Å². The lowest BCUT2D eigenvalue weighted by Crippen LogP contribution is -2.23. The predicted octanol–water partition coefficient (Wildman–Crippen LogP) is 5.70. The molecule has 3 aromatic carbocycles. The van der Waals surface area contributed by atoms with E-state index < -0.39 is 0 Å². The molecule has 5 aromatic rings. The standard InChI is InChI=1S/C32H30N8O/c1-21-22(2)40(31(34)27(21)18-33)19-23-12-14-26(15-13-23)41-20-25-10-6-7-11-28(25)36-32(35)37-30-17-16-29(38-39-30)24-8-4-3-5-9-24/h3-17H,19-20,34H2,1-2H3,(H3,35,36,37,39). The predicted molar refractivity (Wildman–Crippen MR) is 162 cm³/mol. The van der Waals surface area contributed by atoms with Gasteiger partial charge in [-0.3, -0.25) is 0 Å². The average Bonchev–Trinajstić information content (AvgIpc) is 3.20. The fraction of sp³-hybridized carbons (Fsp3) is 0.125. The van der Waals surface area contributed by atoms with Gasteiger partial charge in [-0.25, -0.2) is 0 Å². The van der Waals surface area contributed by atoms with Crippen molar-refractivity contribution in [1.82, 2.24) is 14.8 Å². The lowest BCUT2D eigenvalue weighted by atomic mass is 10.1. The number of nitrogens with zero attached hydrogens (tertiary/aromatic N) is 5. The second kappa shape index (κ2) is 12.1. The molecule has 2 aromatic heterocycles. The van der Waals surface area contributed by atoms with Crippen molar-refractivity contribution in [3.63, 3.8) is 0 Å². The molecule has 204 valence electrons. The molecule has 5 N–H and O–H groups in total. The Morgan fingerprint density at radius 3 is 2.37 bits per heavy atom. The Labute approximate surface area is 238 Å². The third-order valence-electron chi connectivity index (χ3n) is 6.87. The van der Waals surface area contributed by atoms with Crippen LogP contribution in [0.1, 0.15) is 27.9 Å². The van der Waals surface area contributed by atoms with E-state index in [0.29, 0.717) is 30.4 Å². The molecule has 41 heavy (non-hydrogen) atoms. The molecule has 0 aliphatic carbocycles. The van der Waals surface area contributed by atoms with Crippen LogP contribution >= 0.6 is 0 Å². The van der Waals surface area contributed by atoms with E-state index in [1.54, 1.807) is 6.07 Å². The molecule has 0 atom stereocenters. The summed E-state index contributed by atoms with van der Waals surface area (Å²) in [6.45, 7) is 4.80. The van der Waals surface area contributed by atoms with Crippen molar-refractivity contribution in [2.24, 2.45) is 10.7 Å². The van der Waals surface area contributed by atoms with E-state index in [2.05, 4.69) is 26.6 Å². The number of ether oxygens (including phenoxy) is 1. The lowest BCUT2D eigenvalue weighted by Gasteiger charge is -2.13. The van der Waals surface area contributed by atoms with E-state index in [4.69, 9.17) is 16.2 Å². The van der Waals surface area contributed by atoms with Gasteiger partial charge in [0.25, 0.3) is 0 Å². The van der Waals surface area contributed by atoms with Crippen LogP contribution in [0.25, 0.3) is 11.3 Å². The van der Waals surface area contributed by atoms with Gasteiger partial charge in [0, 0.05) is 29.1 Å². The summed E-state index contributed by atoms with van der Waals surface area (Å²) in [5.74, 6) is 1.81. The topological polar surface area (TPSA) is 140 Å². The molecule has 0 fully saturated rings. The molecule has 0 saturated heterocycles. The number of aliphatic imine (C=N–C) groups is 1. The van der Waals surface area contributed by atoms with Gasteiger partial charge in [0.2, 0.25) is 0 Å². The number of nitrogens with one attached hydrogen (secondary N) is 1. The van der Waals surface area contributed by atoms with Crippen LogP contribution in [0.4, 0.5) is 17.3 Å². The summed E-state index contributed by atoms with van der Waals surface area (Å²) in [6, 6.07) is 31.2. The number of guanidine groups is 1. The summed E-state index contributed by atoms with van der Waals surface area (Å²) in [5.41, 5.74) is 19.3. The van der Waals surface area contributed by atoms with Crippen LogP contribution in [0.5, 0.6) is 5.75 Å². The number of nitriles is 1. The molecule has 0 unspecified atom stereocenters. The summed E-state index contributed by atoms with van der Waals surface area (Å²) in [6.07, 6.45) is 0. The monoisotopic (exact) mass is 542 g/mol. The van der Waals surface area contributed by atoms with E-state index in [1.165, 1.54) is 0 Å². The van der Waals surface area contributed by atoms with Gasteiger partial charge in [0.15, 0.2) is 11.8 Å². The maximum Gasteiger partial charge on any atom is 0.199 e. The van der Waals surface area contributed by atoms with Crippen LogP contribution < -0.4 is 21.5 Å². The number of aromatic nitrogens is 3. The largest absolute Gasteiger partial charge is 0.489 e.